The van der Waals surface area contributed by atoms with Gasteiger partial charge in [-0.1, -0.05) is 0 Å². The summed E-state index contributed by atoms with van der Waals surface area (Å²) in [5, 5.41) is 10.9. The zero-order valence-corrected chi connectivity index (χ0v) is 15.2. The van der Waals surface area contributed by atoms with Gasteiger partial charge in [0.05, 0.1) is 23.7 Å². The molecular formula is C18H23N7O. The Kier molecular flexibility index (Phi) is 4.02. The maximum atomic E-state index is 5.94. The van der Waals surface area contributed by atoms with Crippen LogP contribution in [0.1, 0.15) is 19.8 Å². The maximum Gasteiger partial charge on any atom is 0.224 e. The summed E-state index contributed by atoms with van der Waals surface area (Å²) in [6.07, 6.45) is 2.37. The number of rotatable bonds is 4. The highest BCUT2D eigenvalue weighted by Gasteiger charge is 2.23. The summed E-state index contributed by atoms with van der Waals surface area (Å²) in [6.45, 7) is 3.25. The van der Waals surface area contributed by atoms with Gasteiger partial charge in [0.2, 0.25) is 5.95 Å². The van der Waals surface area contributed by atoms with Crippen molar-refractivity contribution in [3.8, 4) is 17.0 Å². The quantitative estimate of drug-likeness (QED) is 0.662. The van der Waals surface area contributed by atoms with Crippen LogP contribution in [-0.4, -0.2) is 46.9 Å². The average Bonchev–Trinajstić information content (AvgIpc) is 3.26. The molecule has 1 saturated heterocycles. The van der Waals surface area contributed by atoms with Gasteiger partial charge in [-0.05, 0) is 31.9 Å². The number of nitrogens with two attached hydrogens (primary N) is 1. The second-order valence-electron chi connectivity index (χ2n) is 6.58. The van der Waals surface area contributed by atoms with E-state index in [0.717, 1.165) is 34.5 Å². The number of hydrogen-bond donors (Lipinski definition) is 3. The molecule has 136 valence electrons. The fraction of sp³-hybridized carbons (Fsp3) is 0.389. The van der Waals surface area contributed by atoms with Crippen molar-refractivity contribution in [2.75, 3.05) is 36.7 Å². The van der Waals surface area contributed by atoms with Crippen LogP contribution in [0.4, 0.5) is 17.6 Å². The number of nitrogens with one attached hydrogen (secondary N) is 2. The topological polar surface area (TPSA) is 105 Å². The Balaban J connectivity index is 1.85. The molecule has 1 unspecified atom stereocenters. The number of anilines is 3. The Hall–Kier alpha value is -3.03. The summed E-state index contributed by atoms with van der Waals surface area (Å²) in [5.41, 5.74) is 8.51. The van der Waals surface area contributed by atoms with Crippen molar-refractivity contribution < 1.29 is 4.74 Å². The van der Waals surface area contributed by atoms with Crippen LogP contribution < -0.4 is 20.7 Å². The van der Waals surface area contributed by atoms with Gasteiger partial charge in [0.1, 0.15) is 11.6 Å². The minimum absolute atomic E-state index is 0.425. The zero-order valence-electron chi connectivity index (χ0n) is 15.2. The summed E-state index contributed by atoms with van der Waals surface area (Å²) in [4.78, 5) is 11.6. The molecule has 0 amide bonds. The van der Waals surface area contributed by atoms with E-state index in [4.69, 9.17) is 10.5 Å². The molecule has 0 radical (unpaired) electrons. The Morgan fingerprint density at radius 1 is 1.31 bits per heavy atom. The summed E-state index contributed by atoms with van der Waals surface area (Å²) >= 11 is 0. The number of fused-ring (bicyclic) bond motifs is 1. The molecular weight excluding hydrogens is 330 g/mol. The standard InChI is InChI=1S/C18H23N7O/c1-10-5-4-6-25(10)15-9-12(21-18(20-2)22-15)11-7-13-16(14(8-11)26-3)17(19)24-23-13/h7-10H,4-6H2,1-3H3,(H3,19,23,24)(H,20,21,22). The normalized spacial score (nSPS) is 17.0. The van der Waals surface area contributed by atoms with E-state index in [9.17, 15) is 0 Å². The van der Waals surface area contributed by atoms with Gasteiger partial charge in [0, 0.05) is 31.3 Å². The monoisotopic (exact) mass is 353 g/mol. The lowest BCUT2D eigenvalue weighted by atomic mass is 10.1. The average molecular weight is 353 g/mol. The molecule has 1 aliphatic heterocycles. The summed E-state index contributed by atoms with van der Waals surface area (Å²) < 4.78 is 5.52. The van der Waals surface area contributed by atoms with Crippen molar-refractivity contribution in [3.63, 3.8) is 0 Å². The third-order valence-electron chi connectivity index (χ3n) is 4.95. The highest BCUT2D eigenvalue weighted by Crippen LogP contribution is 2.35. The zero-order chi connectivity index (χ0) is 18.3. The minimum atomic E-state index is 0.425. The largest absolute Gasteiger partial charge is 0.496 e. The molecule has 0 spiro atoms. The lowest BCUT2D eigenvalue weighted by Gasteiger charge is -2.23. The number of nitrogens with zero attached hydrogens (tertiary/aromatic N) is 4. The molecule has 1 aliphatic rings. The van der Waals surface area contributed by atoms with E-state index < -0.39 is 0 Å². The van der Waals surface area contributed by atoms with E-state index in [-0.39, 0.29) is 0 Å². The summed E-state index contributed by atoms with van der Waals surface area (Å²) in [5.74, 6) is 2.63. The van der Waals surface area contributed by atoms with Gasteiger partial charge in [0.15, 0.2) is 5.82 Å². The molecule has 8 heteroatoms. The molecule has 3 aromatic rings. The van der Waals surface area contributed by atoms with E-state index in [0.29, 0.717) is 23.6 Å². The number of aromatic amines is 1. The molecule has 4 N–H and O–H groups in total. The van der Waals surface area contributed by atoms with Crippen molar-refractivity contribution >= 4 is 28.5 Å². The Morgan fingerprint density at radius 2 is 2.15 bits per heavy atom. The molecule has 0 bridgehead atoms. The number of ether oxygens (including phenoxy) is 1. The summed E-state index contributed by atoms with van der Waals surface area (Å²) in [6, 6.07) is 6.43. The molecule has 1 fully saturated rings. The second kappa shape index (κ2) is 6.36. The van der Waals surface area contributed by atoms with Crippen molar-refractivity contribution in [2.45, 2.75) is 25.8 Å². The van der Waals surface area contributed by atoms with E-state index in [2.05, 4.69) is 37.3 Å². The number of H-pyrrole nitrogens is 1. The van der Waals surface area contributed by atoms with Crippen LogP contribution in [0.15, 0.2) is 18.2 Å². The van der Waals surface area contributed by atoms with Crippen molar-refractivity contribution in [1.29, 1.82) is 0 Å². The first-order valence-corrected chi connectivity index (χ1v) is 8.76. The Bertz CT molecular complexity index is 952. The molecule has 0 aliphatic carbocycles. The maximum absolute atomic E-state index is 5.94. The van der Waals surface area contributed by atoms with Crippen LogP contribution in [-0.2, 0) is 0 Å². The first kappa shape index (κ1) is 16.4. The molecule has 8 nitrogen and oxygen atoms in total. The van der Waals surface area contributed by atoms with Crippen LogP contribution in [0, 0.1) is 0 Å². The van der Waals surface area contributed by atoms with Gasteiger partial charge in [-0.15, -0.1) is 0 Å². The molecule has 2 aromatic heterocycles. The fourth-order valence-electron chi connectivity index (χ4n) is 3.57. The van der Waals surface area contributed by atoms with E-state index in [1.54, 1.807) is 7.11 Å². The first-order valence-electron chi connectivity index (χ1n) is 8.76. The number of benzene rings is 1. The van der Waals surface area contributed by atoms with Crippen molar-refractivity contribution in [3.05, 3.63) is 18.2 Å². The Labute approximate surface area is 151 Å². The van der Waals surface area contributed by atoms with Crippen LogP contribution in [0.25, 0.3) is 22.2 Å². The highest BCUT2D eigenvalue weighted by molar-refractivity contribution is 5.97. The Morgan fingerprint density at radius 3 is 2.85 bits per heavy atom. The predicted octanol–water partition coefficient (Wildman–Crippen LogP) is 2.64. The molecule has 4 rings (SSSR count). The third-order valence-corrected chi connectivity index (χ3v) is 4.95. The van der Waals surface area contributed by atoms with Gasteiger partial charge in [-0.2, -0.15) is 10.1 Å². The van der Waals surface area contributed by atoms with Crippen LogP contribution in [0.3, 0.4) is 0 Å². The van der Waals surface area contributed by atoms with E-state index in [1.807, 2.05) is 25.2 Å². The number of hydrogen-bond acceptors (Lipinski definition) is 7. The van der Waals surface area contributed by atoms with E-state index in [1.165, 1.54) is 12.8 Å². The molecule has 26 heavy (non-hydrogen) atoms. The van der Waals surface area contributed by atoms with Gasteiger partial charge in [-0.3, -0.25) is 5.10 Å². The van der Waals surface area contributed by atoms with Gasteiger partial charge >= 0.3 is 0 Å². The van der Waals surface area contributed by atoms with Gasteiger partial charge < -0.3 is 20.7 Å². The molecule has 1 aromatic carbocycles. The lowest BCUT2D eigenvalue weighted by Crippen LogP contribution is -2.27. The number of aromatic nitrogens is 4. The minimum Gasteiger partial charge on any atom is -0.496 e. The van der Waals surface area contributed by atoms with E-state index >= 15 is 0 Å². The smallest absolute Gasteiger partial charge is 0.224 e. The lowest BCUT2D eigenvalue weighted by molar-refractivity contribution is 0.420. The van der Waals surface area contributed by atoms with Crippen LogP contribution in [0.5, 0.6) is 5.75 Å². The van der Waals surface area contributed by atoms with Gasteiger partial charge in [-0.25, -0.2) is 4.98 Å². The highest BCUT2D eigenvalue weighted by atomic mass is 16.5. The van der Waals surface area contributed by atoms with Crippen molar-refractivity contribution in [1.82, 2.24) is 20.2 Å². The van der Waals surface area contributed by atoms with Gasteiger partial charge in [0.25, 0.3) is 0 Å². The second-order valence-corrected chi connectivity index (χ2v) is 6.58. The molecule has 1 atom stereocenters. The number of methoxy groups -OCH3 is 1. The molecule has 0 saturated carbocycles. The van der Waals surface area contributed by atoms with Crippen LogP contribution >= 0.6 is 0 Å². The number of nitrogen functional groups attached to an aromatic ring is 1. The predicted molar refractivity (Wildman–Crippen MR) is 104 cm³/mol. The third kappa shape index (κ3) is 2.67. The molecule has 3 heterocycles. The first-order chi connectivity index (χ1) is 12.6. The fourth-order valence-corrected chi connectivity index (χ4v) is 3.57. The summed E-state index contributed by atoms with van der Waals surface area (Å²) in [7, 11) is 3.46. The van der Waals surface area contributed by atoms with Crippen LogP contribution in [0.2, 0.25) is 0 Å². The van der Waals surface area contributed by atoms with Crippen molar-refractivity contribution in [2.24, 2.45) is 0 Å². The SMILES string of the molecule is CNc1nc(-c2cc(OC)c3c(N)n[nH]c3c2)cc(N2CCCC2C)n1.